The average Bonchev–Trinajstić information content (AvgIpc) is 2.59. The zero-order valence-electron chi connectivity index (χ0n) is 12.8. The van der Waals surface area contributed by atoms with Gasteiger partial charge in [0.05, 0.1) is 5.02 Å². The van der Waals surface area contributed by atoms with Gasteiger partial charge in [-0.2, -0.15) is 0 Å². The van der Waals surface area contributed by atoms with E-state index in [1.165, 1.54) is 5.39 Å². The van der Waals surface area contributed by atoms with E-state index in [1.807, 2.05) is 30.3 Å². The molecular formula is C19H15Cl2NO2. The first-order valence-corrected chi connectivity index (χ1v) is 8.19. The standard InChI is InChI=1S/C19H15Cl2NO2/c20-16-7-8-18(17(21)10-16)24-12-19(23)22-11-13-5-6-14-3-1-2-4-15(14)9-13/h1-10H,11-12H2,(H,22,23). The highest BCUT2D eigenvalue weighted by molar-refractivity contribution is 6.35. The minimum absolute atomic E-state index is 0.102. The molecule has 1 amide bonds. The lowest BCUT2D eigenvalue weighted by molar-refractivity contribution is -0.123. The van der Waals surface area contributed by atoms with Crippen molar-refractivity contribution in [3.8, 4) is 5.75 Å². The smallest absolute Gasteiger partial charge is 0.258 e. The molecule has 0 aromatic heterocycles. The molecule has 24 heavy (non-hydrogen) atoms. The van der Waals surface area contributed by atoms with Crippen molar-refractivity contribution in [2.75, 3.05) is 6.61 Å². The van der Waals surface area contributed by atoms with Crippen LogP contribution in [-0.2, 0) is 11.3 Å². The topological polar surface area (TPSA) is 38.3 Å². The molecule has 0 aliphatic rings. The molecule has 0 fully saturated rings. The number of ether oxygens (including phenoxy) is 1. The van der Waals surface area contributed by atoms with Crippen LogP contribution in [0.5, 0.6) is 5.75 Å². The molecule has 0 spiro atoms. The third kappa shape index (κ3) is 4.19. The molecule has 0 bridgehead atoms. The minimum atomic E-state index is -0.214. The third-order valence-electron chi connectivity index (χ3n) is 3.56. The quantitative estimate of drug-likeness (QED) is 0.707. The number of hydrogen-bond acceptors (Lipinski definition) is 2. The number of fused-ring (bicyclic) bond motifs is 1. The van der Waals surface area contributed by atoms with Crippen LogP contribution >= 0.6 is 23.2 Å². The van der Waals surface area contributed by atoms with Gasteiger partial charge in [-0.15, -0.1) is 0 Å². The summed E-state index contributed by atoms with van der Waals surface area (Å²) < 4.78 is 5.41. The molecule has 3 aromatic rings. The van der Waals surface area contributed by atoms with E-state index in [9.17, 15) is 4.79 Å². The monoisotopic (exact) mass is 359 g/mol. The van der Waals surface area contributed by atoms with Crippen molar-refractivity contribution >= 4 is 39.9 Å². The Bertz CT molecular complexity index is 880. The summed E-state index contributed by atoms with van der Waals surface area (Å²) in [6.45, 7) is 0.344. The van der Waals surface area contributed by atoms with Crippen molar-refractivity contribution in [3.63, 3.8) is 0 Å². The predicted octanol–water partition coefficient (Wildman–Crippen LogP) is 4.84. The van der Waals surface area contributed by atoms with Gasteiger partial charge >= 0.3 is 0 Å². The zero-order valence-corrected chi connectivity index (χ0v) is 14.3. The van der Waals surface area contributed by atoms with Gasteiger partial charge in [0.15, 0.2) is 6.61 Å². The molecular weight excluding hydrogens is 345 g/mol. The highest BCUT2D eigenvalue weighted by Crippen LogP contribution is 2.27. The zero-order chi connectivity index (χ0) is 16.9. The second-order valence-electron chi connectivity index (χ2n) is 5.32. The first-order chi connectivity index (χ1) is 11.6. The van der Waals surface area contributed by atoms with Gasteiger partial charge in [-0.3, -0.25) is 4.79 Å². The maximum atomic E-state index is 11.9. The summed E-state index contributed by atoms with van der Waals surface area (Å²) >= 11 is 11.8. The highest BCUT2D eigenvalue weighted by Gasteiger charge is 2.06. The molecule has 3 rings (SSSR count). The summed E-state index contributed by atoms with van der Waals surface area (Å²) in [7, 11) is 0. The van der Waals surface area contributed by atoms with Crippen LogP contribution in [0.25, 0.3) is 10.8 Å². The van der Waals surface area contributed by atoms with Crippen molar-refractivity contribution < 1.29 is 9.53 Å². The lowest BCUT2D eigenvalue weighted by Gasteiger charge is -2.09. The summed E-state index contributed by atoms with van der Waals surface area (Å²) in [5.41, 5.74) is 1.03. The maximum absolute atomic E-state index is 11.9. The van der Waals surface area contributed by atoms with E-state index in [0.717, 1.165) is 10.9 Å². The number of benzene rings is 3. The summed E-state index contributed by atoms with van der Waals surface area (Å²) in [5, 5.41) is 6.05. The Morgan fingerprint density at radius 2 is 1.75 bits per heavy atom. The molecule has 0 aliphatic carbocycles. The molecule has 3 nitrogen and oxygen atoms in total. The lowest BCUT2D eigenvalue weighted by Crippen LogP contribution is -2.28. The first kappa shape index (κ1) is 16.6. The van der Waals surface area contributed by atoms with Crippen molar-refractivity contribution in [2.45, 2.75) is 6.54 Å². The van der Waals surface area contributed by atoms with Crippen molar-refractivity contribution in [2.24, 2.45) is 0 Å². The number of carbonyl (C=O) groups excluding carboxylic acids is 1. The van der Waals surface area contributed by atoms with Crippen molar-refractivity contribution in [3.05, 3.63) is 76.3 Å². The van der Waals surface area contributed by atoms with Crippen LogP contribution in [0.2, 0.25) is 10.0 Å². The Balaban J connectivity index is 1.54. The number of nitrogens with one attached hydrogen (secondary N) is 1. The van der Waals surface area contributed by atoms with Gasteiger partial charge in [0.25, 0.3) is 5.91 Å². The molecule has 0 aliphatic heterocycles. The summed E-state index contributed by atoms with van der Waals surface area (Å²) in [6.07, 6.45) is 0. The summed E-state index contributed by atoms with van der Waals surface area (Å²) in [6, 6.07) is 19.1. The Kier molecular flexibility index (Phi) is 5.24. The Hall–Kier alpha value is -2.23. The molecule has 0 unspecified atom stereocenters. The molecule has 0 saturated carbocycles. The van der Waals surface area contributed by atoms with Crippen molar-refractivity contribution in [1.82, 2.24) is 5.32 Å². The van der Waals surface area contributed by atoms with Gasteiger partial charge in [0.2, 0.25) is 0 Å². The Morgan fingerprint density at radius 1 is 0.958 bits per heavy atom. The van der Waals surface area contributed by atoms with E-state index in [2.05, 4.69) is 17.4 Å². The van der Waals surface area contributed by atoms with E-state index in [0.29, 0.717) is 22.3 Å². The maximum Gasteiger partial charge on any atom is 0.258 e. The summed E-state index contributed by atoms with van der Waals surface area (Å²) in [4.78, 5) is 11.9. The second kappa shape index (κ2) is 7.56. The fourth-order valence-electron chi connectivity index (χ4n) is 2.34. The minimum Gasteiger partial charge on any atom is -0.482 e. The number of carbonyl (C=O) groups is 1. The summed E-state index contributed by atoms with van der Waals surface area (Å²) in [5.74, 6) is 0.219. The molecule has 0 atom stereocenters. The number of amides is 1. The fraction of sp³-hybridized carbons (Fsp3) is 0.105. The van der Waals surface area contributed by atoms with Crippen LogP contribution in [0.15, 0.2) is 60.7 Å². The van der Waals surface area contributed by atoms with Crippen LogP contribution in [-0.4, -0.2) is 12.5 Å². The van der Waals surface area contributed by atoms with E-state index in [1.54, 1.807) is 18.2 Å². The molecule has 122 valence electrons. The van der Waals surface area contributed by atoms with Crippen LogP contribution < -0.4 is 10.1 Å². The molecule has 5 heteroatoms. The van der Waals surface area contributed by atoms with Gasteiger partial charge in [0, 0.05) is 11.6 Å². The SMILES string of the molecule is O=C(COc1ccc(Cl)cc1Cl)NCc1ccc2ccccc2c1. The number of hydrogen-bond donors (Lipinski definition) is 1. The van der Waals surface area contributed by atoms with E-state index in [-0.39, 0.29) is 12.5 Å². The van der Waals surface area contributed by atoms with Crippen LogP contribution in [0.1, 0.15) is 5.56 Å². The lowest BCUT2D eigenvalue weighted by atomic mass is 10.1. The average molecular weight is 360 g/mol. The van der Waals surface area contributed by atoms with Gasteiger partial charge in [-0.05, 0) is 40.6 Å². The highest BCUT2D eigenvalue weighted by atomic mass is 35.5. The Morgan fingerprint density at radius 3 is 2.54 bits per heavy atom. The van der Waals surface area contributed by atoms with Gasteiger partial charge in [-0.25, -0.2) is 0 Å². The van der Waals surface area contributed by atoms with Crippen molar-refractivity contribution in [1.29, 1.82) is 0 Å². The van der Waals surface area contributed by atoms with Crippen LogP contribution in [0.4, 0.5) is 0 Å². The molecule has 0 saturated heterocycles. The third-order valence-corrected chi connectivity index (χ3v) is 4.09. The van der Waals surface area contributed by atoms with Crippen LogP contribution in [0, 0.1) is 0 Å². The molecule has 1 N–H and O–H groups in total. The Labute approximate surface area is 150 Å². The molecule has 3 aromatic carbocycles. The van der Waals surface area contributed by atoms with Gasteiger partial charge in [0.1, 0.15) is 5.75 Å². The van der Waals surface area contributed by atoms with E-state index < -0.39 is 0 Å². The molecule has 0 heterocycles. The van der Waals surface area contributed by atoms with E-state index in [4.69, 9.17) is 27.9 Å². The van der Waals surface area contributed by atoms with Gasteiger partial charge < -0.3 is 10.1 Å². The largest absolute Gasteiger partial charge is 0.482 e. The second-order valence-corrected chi connectivity index (χ2v) is 6.17. The fourth-order valence-corrected chi connectivity index (χ4v) is 2.80. The van der Waals surface area contributed by atoms with Crippen LogP contribution in [0.3, 0.4) is 0 Å². The predicted molar refractivity (Wildman–Crippen MR) is 97.8 cm³/mol. The molecule has 0 radical (unpaired) electrons. The number of halogens is 2. The normalized spacial score (nSPS) is 10.6. The first-order valence-electron chi connectivity index (χ1n) is 7.44. The van der Waals surface area contributed by atoms with Gasteiger partial charge in [-0.1, -0.05) is 59.6 Å². The number of rotatable bonds is 5. The van der Waals surface area contributed by atoms with E-state index >= 15 is 0 Å².